The molecule has 0 spiro atoms. The molecule has 0 aliphatic heterocycles. The third-order valence-electron chi connectivity index (χ3n) is 3.77. The molecule has 1 unspecified atom stereocenters. The molecule has 1 heterocycles. The van der Waals surface area contributed by atoms with Crippen LogP contribution in [-0.4, -0.2) is 21.9 Å². The smallest absolute Gasteiger partial charge is 0.0935 e. The monoisotopic (exact) mass is 224 g/mol. The number of aliphatic hydroxyl groups excluding tert-OH is 1. The van der Waals surface area contributed by atoms with Gasteiger partial charge in [-0.3, -0.25) is 0 Å². The molecule has 1 atom stereocenters. The van der Waals surface area contributed by atoms with E-state index in [4.69, 9.17) is 4.42 Å². The fourth-order valence-electron chi connectivity index (χ4n) is 2.42. The van der Waals surface area contributed by atoms with Crippen molar-refractivity contribution in [1.29, 1.82) is 0 Å². The first-order valence-electron chi connectivity index (χ1n) is 6.02. The van der Waals surface area contributed by atoms with E-state index < -0.39 is 11.7 Å². The van der Waals surface area contributed by atoms with Crippen LogP contribution in [0.4, 0.5) is 0 Å². The summed E-state index contributed by atoms with van der Waals surface area (Å²) in [5, 5.41) is 20.5. The molecule has 1 aromatic heterocycles. The maximum absolute atomic E-state index is 10.4. The number of furan rings is 1. The second-order valence-corrected chi connectivity index (χ2v) is 5.14. The van der Waals surface area contributed by atoms with E-state index in [1.165, 1.54) is 0 Å². The standard InChI is InChI=1S/C13H20O3/c1-10-2-5-13(15,6-3-10)12(14)8-11-4-7-16-9-11/h4,7,9-10,12,14-15H,2-3,5-6,8H2,1H3. The van der Waals surface area contributed by atoms with Gasteiger partial charge in [0.1, 0.15) is 0 Å². The average Bonchev–Trinajstić information content (AvgIpc) is 2.75. The Kier molecular flexibility index (Phi) is 3.36. The molecule has 1 aromatic rings. The first kappa shape index (κ1) is 11.7. The molecule has 0 saturated heterocycles. The summed E-state index contributed by atoms with van der Waals surface area (Å²) in [6.45, 7) is 2.20. The molecule has 1 aliphatic carbocycles. The van der Waals surface area contributed by atoms with E-state index in [1.54, 1.807) is 12.5 Å². The van der Waals surface area contributed by atoms with Crippen LogP contribution in [0.15, 0.2) is 23.0 Å². The lowest BCUT2D eigenvalue weighted by Crippen LogP contribution is -2.46. The zero-order chi connectivity index (χ0) is 11.6. The zero-order valence-corrected chi connectivity index (χ0v) is 9.72. The Morgan fingerprint density at radius 2 is 2.19 bits per heavy atom. The maximum atomic E-state index is 10.4. The molecule has 0 bridgehead atoms. The van der Waals surface area contributed by atoms with E-state index in [0.29, 0.717) is 25.2 Å². The van der Waals surface area contributed by atoms with Crippen LogP contribution in [0.1, 0.15) is 38.2 Å². The van der Waals surface area contributed by atoms with Crippen molar-refractivity contribution in [3.05, 3.63) is 24.2 Å². The normalized spacial score (nSPS) is 32.6. The van der Waals surface area contributed by atoms with Crippen molar-refractivity contribution in [3.63, 3.8) is 0 Å². The van der Waals surface area contributed by atoms with E-state index >= 15 is 0 Å². The molecule has 3 nitrogen and oxygen atoms in total. The summed E-state index contributed by atoms with van der Waals surface area (Å²) in [5.74, 6) is 0.668. The molecular weight excluding hydrogens is 204 g/mol. The Morgan fingerprint density at radius 1 is 1.50 bits per heavy atom. The molecule has 0 amide bonds. The van der Waals surface area contributed by atoms with Crippen molar-refractivity contribution < 1.29 is 14.6 Å². The Labute approximate surface area is 96.1 Å². The SMILES string of the molecule is CC1CCC(O)(C(O)Cc2ccoc2)CC1. The van der Waals surface area contributed by atoms with Gasteiger partial charge in [0.15, 0.2) is 0 Å². The van der Waals surface area contributed by atoms with Gasteiger partial charge < -0.3 is 14.6 Å². The van der Waals surface area contributed by atoms with Gasteiger partial charge >= 0.3 is 0 Å². The van der Waals surface area contributed by atoms with Crippen LogP contribution in [-0.2, 0) is 6.42 Å². The average molecular weight is 224 g/mol. The minimum atomic E-state index is -0.899. The third-order valence-corrected chi connectivity index (χ3v) is 3.77. The van der Waals surface area contributed by atoms with E-state index in [2.05, 4.69) is 6.92 Å². The van der Waals surface area contributed by atoms with Crippen molar-refractivity contribution in [2.45, 2.75) is 50.7 Å². The summed E-state index contributed by atoms with van der Waals surface area (Å²) >= 11 is 0. The lowest BCUT2D eigenvalue weighted by Gasteiger charge is -2.38. The highest BCUT2D eigenvalue weighted by Crippen LogP contribution is 2.35. The van der Waals surface area contributed by atoms with Crippen molar-refractivity contribution in [1.82, 2.24) is 0 Å². The minimum Gasteiger partial charge on any atom is -0.472 e. The quantitative estimate of drug-likeness (QED) is 0.827. The molecule has 3 heteroatoms. The van der Waals surface area contributed by atoms with Crippen LogP contribution < -0.4 is 0 Å². The lowest BCUT2D eigenvalue weighted by molar-refractivity contribution is -0.102. The molecule has 90 valence electrons. The van der Waals surface area contributed by atoms with Gasteiger partial charge in [0.25, 0.3) is 0 Å². The topological polar surface area (TPSA) is 53.6 Å². The predicted molar refractivity (Wildman–Crippen MR) is 61.0 cm³/mol. The highest BCUT2D eigenvalue weighted by molar-refractivity contribution is 5.09. The summed E-state index contributed by atoms with van der Waals surface area (Å²) in [6, 6.07) is 1.83. The summed E-state index contributed by atoms with van der Waals surface area (Å²) in [5.41, 5.74) is 0.0450. The van der Waals surface area contributed by atoms with Crippen LogP contribution in [0.3, 0.4) is 0 Å². The van der Waals surface area contributed by atoms with Gasteiger partial charge in [-0.1, -0.05) is 6.92 Å². The summed E-state index contributed by atoms with van der Waals surface area (Å²) < 4.78 is 4.96. The van der Waals surface area contributed by atoms with E-state index in [0.717, 1.165) is 18.4 Å². The Balaban J connectivity index is 1.95. The first-order valence-corrected chi connectivity index (χ1v) is 6.02. The molecule has 2 N–H and O–H groups in total. The van der Waals surface area contributed by atoms with Crippen LogP contribution in [0.25, 0.3) is 0 Å². The van der Waals surface area contributed by atoms with Crippen LogP contribution >= 0.6 is 0 Å². The fraction of sp³-hybridized carbons (Fsp3) is 0.692. The van der Waals surface area contributed by atoms with E-state index in [9.17, 15) is 10.2 Å². The molecule has 1 fully saturated rings. The molecule has 1 saturated carbocycles. The number of hydrogen-bond donors (Lipinski definition) is 2. The molecular formula is C13H20O3. The maximum Gasteiger partial charge on any atom is 0.0935 e. The highest BCUT2D eigenvalue weighted by atomic mass is 16.3. The highest BCUT2D eigenvalue weighted by Gasteiger charge is 2.38. The second kappa shape index (κ2) is 4.60. The molecule has 0 aromatic carbocycles. The molecule has 1 aliphatic rings. The molecule has 2 rings (SSSR count). The zero-order valence-electron chi connectivity index (χ0n) is 9.72. The Morgan fingerprint density at radius 3 is 2.75 bits per heavy atom. The largest absolute Gasteiger partial charge is 0.472 e. The third kappa shape index (κ3) is 2.47. The number of rotatable bonds is 3. The fourth-order valence-corrected chi connectivity index (χ4v) is 2.42. The van der Waals surface area contributed by atoms with Crippen molar-refractivity contribution in [2.75, 3.05) is 0 Å². The predicted octanol–water partition coefficient (Wildman–Crippen LogP) is 2.12. The Hall–Kier alpha value is -0.800. The Bertz CT molecular complexity index is 310. The van der Waals surface area contributed by atoms with Gasteiger partial charge in [0.2, 0.25) is 0 Å². The molecule has 16 heavy (non-hydrogen) atoms. The summed E-state index contributed by atoms with van der Waals surface area (Å²) in [4.78, 5) is 0. The molecule has 0 radical (unpaired) electrons. The minimum absolute atomic E-state index is 0.474. The van der Waals surface area contributed by atoms with Crippen LogP contribution in [0.5, 0.6) is 0 Å². The summed E-state index contributed by atoms with van der Waals surface area (Å²) in [7, 11) is 0. The van der Waals surface area contributed by atoms with Gasteiger partial charge in [-0.2, -0.15) is 0 Å². The first-order chi connectivity index (χ1) is 7.60. The van der Waals surface area contributed by atoms with Crippen molar-refractivity contribution in [3.8, 4) is 0 Å². The van der Waals surface area contributed by atoms with E-state index in [1.807, 2.05) is 6.07 Å². The van der Waals surface area contributed by atoms with E-state index in [-0.39, 0.29) is 0 Å². The van der Waals surface area contributed by atoms with Crippen LogP contribution in [0.2, 0.25) is 0 Å². The summed E-state index contributed by atoms with van der Waals surface area (Å²) in [6.07, 6.45) is 6.41. The lowest BCUT2D eigenvalue weighted by atomic mass is 9.75. The van der Waals surface area contributed by atoms with Gasteiger partial charge in [0, 0.05) is 6.42 Å². The van der Waals surface area contributed by atoms with Crippen molar-refractivity contribution >= 4 is 0 Å². The van der Waals surface area contributed by atoms with Gasteiger partial charge in [-0.05, 0) is 43.2 Å². The van der Waals surface area contributed by atoms with Gasteiger partial charge in [-0.25, -0.2) is 0 Å². The number of aliphatic hydroxyl groups is 2. The van der Waals surface area contributed by atoms with Gasteiger partial charge in [0.05, 0.1) is 24.2 Å². The second-order valence-electron chi connectivity index (χ2n) is 5.14. The number of hydrogen-bond acceptors (Lipinski definition) is 3. The van der Waals surface area contributed by atoms with Crippen LogP contribution in [0, 0.1) is 5.92 Å². The van der Waals surface area contributed by atoms with Crippen molar-refractivity contribution in [2.24, 2.45) is 5.92 Å². The van der Waals surface area contributed by atoms with Gasteiger partial charge in [-0.15, -0.1) is 0 Å².